The third kappa shape index (κ3) is 5.57. The predicted octanol–water partition coefficient (Wildman–Crippen LogP) is 3.20. The van der Waals surface area contributed by atoms with Gasteiger partial charge < -0.3 is 10.6 Å². The van der Waals surface area contributed by atoms with Crippen molar-refractivity contribution >= 4 is 11.6 Å². The molecule has 1 aliphatic carbocycles. The number of nitrogens with one attached hydrogen (secondary N) is 2. The van der Waals surface area contributed by atoms with Gasteiger partial charge in [-0.05, 0) is 31.0 Å². The van der Waals surface area contributed by atoms with E-state index in [0.717, 1.165) is 0 Å². The number of amides is 1. The second-order valence-electron chi connectivity index (χ2n) is 5.63. The summed E-state index contributed by atoms with van der Waals surface area (Å²) in [5.74, 6) is -0.00814. The van der Waals surface area contributed by atoms with Gasteiger partial charge in [0, 0.05) is 24.7 Å². The van der Waals surface area contributed by atoms with Gasteiger partial charge in [-0.25, -0.2) is 0 Å². The fourth-order valence-corrected chi connectivity index (χ4v) is 2.76. The third-order valence-corrected chi connectivity index (χ3v) is 3.92. The van der Waals surface area contributed by atoms with Crippen LogP contribution in [0.25, 0.3) is 0 Å². The number of carbonyl (C=O) groups excluding carboxylic acids is 1. The summed E-state index contributed by atoms with van der Waals surface area (Å²) in [4.78, 5) is 11.9. The van der Waals surface area contributed by atoms with Gasteiger partial charge in [0.1, 0.15) is 0 Å². The number of anilines is 1. The summed E-state index contributed by atoms with van der Waals surface area (Å²) in [5, 5.41) is 15.2. The van der Waals surface area contributed by atoms with Crippen molar-refractivity contribution in [2.45, 2.75) is 51.0 Å². The number of benzene rings is 1. The van der Waals surface area contributed by atoms with Crippen LogP contribution in [0.3, 0.4) is 0 Å². The molecule has 0 saturated heterocycles. The van der Waals surface area contributed by atoms with Gasteiger partial charge in [0.15, 0.2) is 0 Å². The zero-order valence-corrected chi connectivity index (χ0v) is 12.4. The lowest BCUT2D eigenvalue weighted by Crippen LogP contribution is -2.31. The summed E-state index contributed by atoms with van der Waals surface area (Å²) >= 11 is 0. The van der Waals surface area contributed by atoms with E-state index < -0.39 is 0 Å². The molecule has 1 fully saturated rings. The van der Waals surface area contributed by atoms with E-state index in [1.54, 1.807) is 24.3 Å². The highest BCUT2D eigenvalue weighted by molar-refractivity contribution is 5.90. The Hall–Kier alpha value is -1.86. The molecule has 1 aromatic rings. The average Bonchev–Trinajstić information content (AvgIpc) is 2.76. The molecule has 2 N–H and O–H groups in total. The Balaban J connectivity index is 1.70. The van der Waals surface area contributed by atoms with E-state index in [4.69, 9.17) is 5.26 Å². The normalized spacial score (nSPS) is 16.0. The van der Waals surface area contributed by atoms with Crippen LogP contribution in [-0.2, 0) is 4.79 Å². The van der Waals surface area contributed by atoms with Gasteiger partial charge >= 0.3 is 0 Å². The molecule has 0 radical (unpaired) electrons. The first kappa shape index (κ1) is 15.5. The van der Waals surface area contributed by atoms with E-state index in [9.17, 15) is 4.79 Å². The van der Waals surface area contributed by atoms with Crippen molar-refractivity contribution in [3.05, 3.63) is 29.8 Å². The second-order valence-corrected chi connectivity index (χ2v) is 5.63. The molecule has 0 spiro atoms. The summed E-state index contributed by atoms with van der Waals surface area (Å²) in [5.41, 5.74) is 1.25. The first-order valence-corrected chi connectivity index (χ1v) is 7.81. The molecule has 1 aliphatic rings. The fourth-order valence-electron chi connectivity index (χ4n) is 2.76. The molecular weight excluding hydrogens is 262 g/mol. The van der Waals surface area contributed by atoms with Gasteiger partial charge in [0.2, 0.25) is 5.91 Å². The lowest BCUT2D eigenvalue weighted by atomic mass is 10.1. The van der Waals surface area contributed by atoms with Gasteiger partial charge in [0.25, 0.3) is 0 Å². The molecule has 4 heteroatoms. The van der Waals surface area contributed by atoms with Crippen LogP contribution in [0.2, 0.25) is 0 Å². The maximum Gasteiger partial charge on any atom is 0.225 e. The Morgan fingerprint density at radius 3 is 2.71 bits per heavy atom. The number of nitriles is 1. The Kier molecular flexibility index (Phi) is 6.23. The summed E-state index contributed by atoms with van der Waals surface area (Å²) in [6, 6.07) is 9.64. The maximum absolute atomic E-state index is 11.9. The Morgan fingerprint density at radius 1 is 1.24 bits per heavy atom. The van der Waals surface area contributed by atoms with Crippen molar-refractivity contribution in [3.8, 4) is 6.07 Å². The number of hydrogen-bond donors (Lipinski definition) is 2. The Labute approximate surface area is 126 Å². The minimum atomic E-state index is -0.00814. The highest BCUT2D eigenvalue weighted by Crippen LogP contribution is 2.17. The summed E-state index contributed by atoms with van der Waals surface area (Å²) in [7, 11) is 0. The first-order chi connectivity index (χ1) is 10.3. The van der Waals surface area contributed by atoms with Crippen molar-refractivity contribution in [2.24, 2.45) is 0 Å². The van der Waals surface area contributed by atoms with Crippen LogP contribution in [0.5, 0.6) is 0 Å². The zero-order chi connectivity index (χ0) is 14.9. The maximum atomic E-state index is 11.9. The predicted molar refractivity (Wildman–Crippen MR) is 83.9 cm³/mol. The van der Waals surface area contributed by atoms with E-state index in [1.165, 1.54) is 38.5 Å². The van der Waals surface area contributed by atoms with Gasteiger partial charge in [-0.2, -0.15) is 5.26 Å². The zero-order valence-electron chi connectivity index (χ0n) is 12.4. The van der Waals surface area contributed by atoms with E-state index >= 15 is 0 Å². The molecule has 2 rings (SSSR count). The fraction of sp³-hybridized carbons (Fsp3) is 0.529. The number of nitrogens with zero attached hydrogens (tertiary/aromatic N) is 1. The van der Waals surface area contributed by atoms with Crippen LogP contribution in [0, 0.1) is 11.3 Å². The summed E-state index contributed by atoms with van der Waals surface area (Å²) < 4.78 is 0. The van der Waals surface area contributed by atoms with Crippen molar-refractivity contribution in [1.82, 2.24) is 5.32 Å². The van der Waals surface area contributed by atoms with Crippen molar-refractivity contribution in [2.75, 3.05) is 11.9 Å². The Bertz CT molecular complexity index is 499. The molecule has 1 saturated carbocycles. The standard InChI is InChI=1S/C17H23N3O/c18-13-14-6-5-9-16(12-14)20-17(21)10-11-19-15-7-3-1-2-4-8-15/h5-6,9,12,15,19H,1-4,7-8,10-11H2,(H,20,21). The first-order valence-electron chi connectivity index (χ1n) is 7.81. The van der Waals surface area contributed by atoms with Gasteiger partial charge in [-0.1, -0.05) is 31.7 Å². The lowest BCUT2D eigenvalue weighted by Gasteiger charge is -2.15. The summed E-state index contributed by atoms with van der Waals surface area (Å²) in [6.07, 6.45) is 8.20. The Morgan fingerprint density at radius 2 is 2.00 bits per heavy atom. The highest BCUT2D eigenvalue weighted by Gasteiger charge is 2.11. The van der Waals surface area contributed by atoms with E-state index in [0.29, 0.717) is 30.3 Å². The average molecular weight is 285 g/mol. The molecule has 21 heavy (non-hydrogen) atoms. The minimum Gasteiger partial charge on any atom is -0.326 e. The molecule has 0 bridgehead atoms. The molecule has 1 amide bonds. The van der Waals surface area contributed by atoms with Crippen molar-refractivity contribution in [3.63, 3.8) is 0 Å². The molecule has 0 atom stereocenters. The largest absolute Gasteiger partial charge is 0.326 e. The van der Waals surface area contributed by atoms with Crippen molar-refractivity contribution in [1.29, 1.82) is 5.26 Å². The van der Waals surface area contributed by atoms with Crippen LogP contribution in [0.1, 0.15) is 50.5 Å². The number of hydrogen-bond acceptors (Lipinski definition) is 3. The molecule has 0 aliphatic heterocycles. The third-order valence-electron chi connectivity index (χ3n) is 3.92. The van der Waals surface area contributed by atoms with Crippen LogP contribution in [0.4, 0.5) is 5.69 Å². The monoisotopic (exact) mass is 285 g/mol. The molecule has 112 valence electrons. The van der Waals surface area contributed by atoms with Crippen molar-refractivity contribution < 1.29 is 4.79 Å². The van der Waals surface area contributed by atoms with Crippen LogP contribution >= 0.6 is 0 Å². The quantitative estimate of drug-likeness (QED) is 0.816. The smallest absolute Gasteiger partial charge is 0.225 e. The van der Waals surface area contributed by atoms with Gasteiger partial charge in [-0.15, -0.1) is 0 Å². The molecule has 4 nitrogen and oxygen atoms in total. The molecule has 1 aromatic carbocycles. The molecule has 0 heterocycles. The second kappa shape index (κ2) is 8.43. The highest BCUT2D eigenvalue weighted by atomic mass is 16.1. The number of rotatable bonds is 5. The minimum absolute atomic E-state index is 0.00814. The molecular formula is C17H23N3O. The van der Waals surface area contributed by atoms with Crippen LogP contribution in [0.15, 0.2) is 24.3 Å². The van der Waals surface area contributed by atoms with Gasteiger partial charge in [-0.3, -0.25) is 4.79 Å². The van der Waals surface area contributed by atoms with Gasteiger partial charge in [0.05, 0.1) is 11.6 Å². The van der Waals surface area contributed by atoms with E-state index in [2.05, 4.69) is 16.7 Å². The number of carbonyl (C=O) groups is 1. The lowest BCUT2D eigenvalue weighted by molar-refractivity contribution is -0.116. The topological polar surface area (TPSA) is 64.9 Å². The SMILES string of the molecule is N#Cc1cccc(NC(=O)CCNC2CCCCCC2)c1. The van der Waals surface area contributed by atoms with E-state index in [-0.39, 0.29) is 5.91 Å². The van der Waals surface area contributed by atoms with Crippen LogP contribution in [-0.4, -0.2) is 18.5 Å². The molecule has 0 aromatic heterocycles. The van der Waals surface area contributed by atoms with E-state index in [1.807, 2.05) is 0 Å². The molecule has 0 unspecified atom stereocenters. The summed E-state index contributed by atoms with van der Waals surface area (Å²) in [6.45, 7) is 0.717. The van der Waals surface area contributed by atoms with Crippen LogP contribution < -0.4 is 10.6 Å².